The van der Waals surface area contributed by atoms with Gasteiger partial charge in [0, 0.05) is 43.4 Å². The maximum atomic E-state index is 12.8. The number of sulfonamides is 1. The standard InChI is InChI=1S/C20H24ClN3O4S/c1-14-18(15-5-7-16(21)8-6-15)29(26,27)22-19(14)23-9-3-10-24(12-11-23)20(25)17-4-2-13-28-17/h5-8,17H,2-4,9-13H2,1H3/t17-/m0/s1. The summed E-state index contributed by atoms with van der Waals surface area (Å²) in [7, 11) is -3.77. The maximum absolute atomic E-state index is 12.8. The van der Waals surface area contributed by atoms with Gasteiger partial charge in [0.05, 0.1) is 0 Å². The molecule has 29 heavy (non-hydrogen) atoms. The number of nitrogens with zero attached hydrogens (tertiary/aromatic N) is 3. The first-order valence-corrected chi connectivity index (χ1v) is 11.7. The minimum absolute atomic E-state index is 0.0412. The highest BCUT2D eigenvalue weighted by Crippen LogP contribution is 2.34. The molecule has 0 aromatic heterocycles. The van der Waals surface area contributed by atoms with Crippen LogP contribution in [-0.4, -0.2) is 68.9 Å². The Morgan fingerprint density at radius 2 is 1.90 bits per heavy atom. The first-order valence-electron chi connectivity index (χ1n) is 9.84. The third-order valence-corrected chi connectivity index (χ3v) is 7.28. The van der Waals surface area contributed by atoms with E-state index in [1.807, 2.05) is 9.80 Å². The Labute approximate surface area is 176 Å². The number of amidine groups is 1. The molecule has 9 heteroatoms. The van der Waals surface area contributed by atoms with Crippen LogP contribution in [0.1, 0.15) is 31.7 Å². The summed E-state index contributed by atoms with van der Waals surface area (Å²) in [6, 6.07) is 6.74. The van der Waals surface area contributed by atoms with Crippen LogP contribution in [0.4, 0.5) is 0 Å². The van der Waals surface area contributed by atoms with Crippen LogP contribution in [0, 0.1) is 0 Å². The monoisotopic (exact) mass is 437 g/mol. The van der Waals surface area contributed by atoms with Crippen molar-refractivity contribution in [3.8, 4) is 0 Å². The van der Waals surface area contributed by atoms with Crippen LogP contribution in [0.5, 0.6) is 0 Å². The van der Waals surface area contributed by atoms with Crippen LogP contribution in [-0.2, 0) is 19.6 Å². The van der Waals surface area contributed by atoms with Gasteiger partial charge in [0.15, 0.2) is 0 Å². The molecule has 1 amide bonds. The number of carbonyl (C=O) groups is 1. The number of carbonyl (C=O) groups excluding carboxylic acids is 1. The van der Waals surface area contributed by atoms with Crippen molar-refractivity contribution in [3.63, 3.8) is 0 Å². The number of rotatable bonds is 2. The number of halogens is 1. The SMILES string of the molecule is CC1=C(c2ccc(Cl)cc2)S(=O)(=O)N=C1N1CCCN(C(=O)[C@@H]2CCCO2)CC1. The second kappa shape index (κ2) is 8.08. The highest BCUT2D eigenvalue weighted by atomic mass is 35.5. The van der Waals surface area contributed by atoms with Crippen LogP contribution in [0.2, 0.25) is 5.02 Å². The van der Waals surface area contributed by atoms with Gasteiger partial charge in [0.25, 0.3) is 15.9 Å². The predicted octanol–water partition coefficient (Wildman–Crippen LogP) is 2.53. The summed E-state index contributed by atoms with van der Waals surface area (Å²) in [6.07, 6.45) is 2.11. The zero-order chi connectivity index (χ0) is 20.6. The van der Waals surface area contributed by atoms with Crippen molar-refractivity contribution in [1.29, 1.82) is 0 Å². The Balaban J connectivity index is 1.53. The van der Waals surface area contributed by atoms with E-state index < -0.39 is 10.0 Å². The number of hydrogen-bond donors (Lipinski definition) is 0. The fraction of sp³-hybridized carbons (Fsp3) is 0.500. The van der Waals surface area contributed by atoms with E-state index in [4.69, 9.17) is 16.3 Å². The quantitative estimate of drug-likeness (QED) is 0.710. The summed E-state index contributed by atoms with van der Waals surface area (Å²) >= 11 is 5.94. The molecule has 0 bridgehead atoms. The minimum atomic E-state index is -3.77. The molecule has 3 aliphatic rings. The molecule has 2 fully saturated rings. The molecule has 0 radical (unpaired) electrons. The van der Waals surface area contributed by atoms with Crippen molar-refractivity contribution in [2.45, 2.75) is 32.3 Å². The predicted molar refractivity (Wildman–Crippen MR) is 112 cm³/mol. The van der Waals surface area contributed by atoms with E-state index in [2.05, 4.69) is 4.40 Å². The molecule has 3 aliphatic heterocycles. The van der Waals surface area contributed by atoms with Crippen molar-refractivity contribution in [3.05, 3.63) is 40.4 Å². The molecule has 7 nitrogen and oxygen atoms in total. The number of benzene rings is 1. The van der Waals surface area contributed by atoms with E-state index in [1.165, 1.54) is 0 Å². The largest absolute Gasteiger partial charge is 0.368 e. The van der Waals surface area contributed by atoms with Crippen LogP contribution < -0.4 is 0 Å². The van der Waals surface area contributed by atoms with E-state index in [9.17, 15) is 13.2 Å². The van der Waals surface area contributed by atoms with Crippen molar-refractivity contribution in [1.82, 2.24) is 9.80 Å². The minimum Gasteiger partial charge on any atom is -0.368 e. The molecule has 2 saturated heterocycles. The number of ether oxygens (including phenoxy) is 1. The van der Waals surface area contributed by atoms with Gasteiger partial charge < -0.3 is 14.5 Å². The van der Waals surface area contributed by atoms with E-state index >= 15 is 0 Å². The molecule has 0 aliphatic carbocycles. The first kappa shape index (κ1) is 20.4. The van der Waals surface area contributed by atoms with Crippen LogP contribution in [0.15, 0.2) is 34.2 Å². The Morgan fingerprint density at radius 3 is 2.59 bits per heavy atom. The Morgan fingerprint density at radius 1 is 1.14 bits per heavy atom. The van der Waals surface area contributed by atoms with Gasteiger partial charge in [-0.15, -0.1) is 4.40 Å². The van der Waals surface area contributed by atoms with Gasteiger partial charge >= 0.3 is 0 Å². The van der Waals surface area contributed by atoms with E-state index in [1.54, 1.807) is 31.2 Å². The Bertz CT molecular complexity index is 966. The lowest BCUT2D eigenvalue weighted by atomic mass is 10.1. The van der Waals surface area contributed by atoms with Crippen molar-refractivity contribution >= 4 is 38.3 Å². The zero-order valence-electron chi connectivity index (χ0n) is 16.3. The first-order chi connectivity index (χ1) is 13.9. The summed E-state index contributed by atoms with van der Waals surface area (Å²) in [5, 5.41) is 0.548. The molecule has 0 N–H and O–H groups in total. The van der Waals surface area contributed by atoms with Crippen molar-refractivity contribution in [2.24, 2.45) is 4.40 Å². The third kappa shape index (κ3) is 4.06. The molecule has 1 atom stereocenters. The topological polar surface area (TPSA) is 79.3 Å². The highest BCUT2D eigenvalue weighted by molar-refractivity contribution is 8.00. The zero-order valence-corrected chi connectivity index (χ0v) is 17.9. The fourth-order valence-corrected chi connectivity index (χ4v) is 5.72. The van der Waals surface area contributed by atoms with Crippen molar-refractivity contribution < 1.29 is 17.9 Å². The molecule has 1 aromatic carbocycles. The summed E-state index contributed by atoms with van der Waals surface area (Å²) in [4.78, 5) is 16.7. The van der Waals surface area contributed by atoms with Gasteiger partial charge in [-0.25, -0.2) is 0 Å². The molecular weight excluding hydrogens is 414 g/mol. The van der Waals surface area contributed by atoms with Crippen LogP contribution in [0.25, 0.3) is 4.91 Å². The van der Waals surface area contributed by atoms with E-state index in [0.717, 1.165) is 19.3 Å². The Hall–Kier alpha value is -1.90. The lowest BCUT2D eigenvalue weighted by Gasteiger charge is -2.25. The average molecular weight is 438 g/mol. The third-order valence-electron chi connectivity index (χ3n) is 5.56. The van der Waals surface area contributed by atoms with Crippen LogP contribution >= 0.6 is 11.6 Å². The highest BCUT2D eigenvalue weighted by Gasteiger charge is 2.35. The molecule has 0 unspecified atom stereocenters. The summed E-state index contributed by atoms with van der Waals surface area (Å²) < 4.78 is 35.1. The number of amides is 1. The molecule has 1 aromatic rings. The van der Waals surface area contributed by atoms with Gasteiger partial charge in [-0.3, -0.25) is 4.79 Å². The van der Waals surface area contributed by atoms with Crippen molar-refractivity contribution in [2.75, 3.05) is 32.8 Å². The summed E-state index contributed by atoms with van der Waals surface area (Å²) in [5.74, 6) is 0.515. The number of hydrogen-bond acceptors (Lipinski definition) is 5. The lowest BCUT2D eigenvalue weighted by molar-refractivity contribution is -0.140. The molecular formula is C20H24ClN3O4S. The van der Waals surface area contributed by atoms with Gasteiger partial charge in [0.2, 0.25) is 0 Å². The van der Waals surface area contributed by atoms with Crippen LogP contribution in [0.3, 0.4) is 0 Å². The second-order valence-electron chi connectivity index (χ2n) is 7.52. The van der Waals surface area contributed by atoms with E-state index in [-0.39, 0.29) is 16.9 Å². The molecule has 0 spiro atoms. The molecule has 3 heterocycles. The maximum Gasteiger partial charge on any atom is 0.285 e. The lowest BCUT2D eigenvalue weighted by Crippen LogP contribution is -2.41. The van der Waals surface area contributed by atoms with Gasteiger partial charge in [-0.2, -0.15) is 8.42 Å². The summed E-state index contributed by atoms with van der Waals surface area (Å²) in [6.45, 7) is 4.78. The second-order valence-corrected chi connectivity index (χ2v) is 9.50. The molecule has 4 rings (SSSR count). The molecule has 156 valence electrons. The van der Waals surface area contributed by atoms with Gasteiger partial charge in [0.1, 0.15) is 16.8 Å². The summed E-state index contributed by atoms with van der Waals surface area (Å²) in [5.41, 5.74) is 1.21. The molecule has 0 saturated carbocycles. The van der Waals surface area contributed by atoms with E-state index in [0.29, 0.717) is 54.8 Å². The fourth-order valence-electron chi connectivity index (χ4n) is 4.11. The normalized spacial score (nSPS) is 24.6. The Kier molecular flexibility index (Phi) is 5.68. The van der Waals surface area contributed by atoms with Gasteiger partial charge in [-0.05, 0) is 43.9 Å². The smallest absolute Gasteiger partial charge is 0.285 e. The van der Waals surface area contributed by atoms with Gasteiger partial charge in [-0.1, -0.05) is 23.7 Å². The average Bonchev–Trinajstić information content (AvgIpc) is 3.21.